The number of amides is 1. The van der Waals surface area contributed by atoms with Gasteiger partial charge in [0.05, 0.1) is 20.3 Å². The Morgan fingerprint density at radius 2 is 1.89 bits per heavy atom. The van der Waals surface area contributed by atoms with Crippen molar-refractivity contribution >= 4 is 17.7 Å². The van der Waals surface area contributed by atoms with Crippen molar-refractivity contribution in [1.29, 1.82) is 5.26 Å². The lowest BCUT2D eigenvalue weighted by molar-refractivity contribution is -0.112. The van der Waals surface area contributed by atoms with Crippen molar-refractivity contribution in [3.05, 3.63) is 53.6 Å². The van der Waals surface area contributed by atoms with Crippen LogP contribution in [0.15, 0.2) is 48.0 Å². The van der Waals surface area contributed by atoms with Gasteiger partial charge in [0.1, 0.15) is 17.4 Å². The van der Waals surface area contributed by atoms with E-state index >= 15 is 0 Å². The molecule has 0 aromatic heterocycles. The molecule has 0 aliphatic carbocycles. The van der Waals surface area contributed by atoms with E-state index in [1.54, 1.807) is 49.6 Å². The molecule has 27 heavy (non-hydrogen) atoms. The zero-order valence-corrected chi connectivity index (χ0v) is 15.6. The number of hydrogen-bond donors (Lipinski definition) is 1. The molecule has 0 bridgehead atoms. The van der Waals surface area contributed by atoms with E-state index in [4.69, 9.17) is 14.2 Å². The van der Waals surface area contributed by atoms with Gasteiger partial charge in [-0.05, 0) is 49.8 Å². The van der Waals surface area contributed by atoms with Crippen molar-refractivity contribution in [3.8, 4) is 23.3 Å². The molecule has 140 valence electrons. The Kier molecular flexibility index (Phi) is 7.26. The Bertz CT molecular complexity index is 869. The first-order valence-electron chi connectivity index (χ1n) is 8.58. The number of carbonyl (C=O) groups excluding carboxylic acids is 1. The molecule has 2 aromatic carbocycles. The van der Waals surface area contributed by atoms with Gasteiger partial charge in [-0.15, -0.1) is 0 Å². The van der Waals surface area contributed by atoms with Gasteiger partial charge < -0.3 is 19.5 Å². The summed E-state index contributed by atoms with van der Waals surface area (Å²) in [5.74, 6) is 1.29. The van der Waals surface area contributed by atoms with Crippen molar-refractivity contribution in [1.82, 2.24) is 0 Å². The highest BCUT2D eigenvalue weighted by molar-refractivity contribution is 6.09. The average Bonchev–Trinajstić information content (AvgIpc) is 2.67. The second-order valence-corrected chi connectivity index (χ2v) is 5.43. The Labute approximate surface area is 159 Å². The molecule has 0 radical (unpaired) electrons. The van der Waals surface area contributed by atoms with E-state index in [9.17, 15) is 10.1 Å². The van der Waals surface area contributed by atoms with Gasteiger partial charge >= 0.3 is 0 Å². The highest BCUT2D eigenvalue weighted by Gasteiger charge is 2.11. The van der Waals surface area contributed by atoms with E-state index < -0.39 is 5.91 Å². The lowest BCUT2D eigenvalue weighted by Gasteiger charge is -2.10. The van der Waals surface area contributed by atoms with E-state index in [1.165, 1.54) is 6.08 Å². The van der Waals surface area contributed by atoms with Crippen LogP contribution in [0, 0.1) is 11.3 Å². The van der Waals surface area contributed by atoms with E-state index in [1.807, 2.05) is 19.9 Å². The summed E-state index contributed by atoms with van der Waals surface area (Å²) in [4.78, 5) is 12.5. The Balaban J connectivity index is 2.22. The van der Waals surface area contributed by atoms with Crippen LogP contribution in [0.4, 0.5) is 5.69 Å². The molecular formula is C21H22N2O4. The fraction of sp³-hybridized carbons (Fsp3) is 0.238. The maximum atomic E-state index is 12.5. The van der Waals surface area contributed by atoms with Crippen LogP contribution in [0.25, 0.3) is 6.08 Å². The van der Waals surface area contributed by atoms with Crippen molar-refractivity contribution in [2.24, 2.45) is 0 Å². The number of rotatable bonds is 8. The van der Waals surface area contributed by atoms with Gasteiger partial charge in [0.2, 0.25) is 0 Å². The smallest absolute Gasteiger partial charge is 0.266 e. The summed E-state index contributed by atoms with van der Waals surface area (Å²) in [5, 5.41) is 12.1. The number of methoxy groups -OCH3 is 1. The van der Waals surface area contributed by atoms with Crippen LogP contribution in [-0.4, -0.2) is 26.2 Å². The van der Waals surface area contributed by atoms with E-state index in [0.29, 0.717) is 41.7 Å². The summed E-state index contributed by atoms with van der Waals surface area (Å²) < 4.78 is 16.2. The summed E-state index contributed by atoms with van der Waals surface area (Å²) in [5.41, 5.74) is 1.19. The van der Waals surface area contributed by atoms with Crippen LogP contribution < -0.4 is 19.5 Å². The van der Waals surface area contributed by atoms with Gasteiger partial charge in [-0.3, -0.25) is 4.79 Å². The molecule has 2 aromatic rings. The summed E-state index contributed by atoms with van der Waals surface area (Å²) in [6.45, 7) is 4.76. The molecule has 0 saturated heterocycles. The highest BCUT2D eigenvalue weighted by atomic mass is 16.5. The fourth-order valence-electron chi connectivity index (χ4n) is 2.40. The van der Waals surface area contributed by atoms with E-state index in [-0.39, 0.29) is 5.57 Å². The molecule has 0 spiro atoms. The Morgan fingerprint density at radius 3 is 2.56 bits per heavy atom. The molecule has 6 nitrogen and oxygen atoms in total. The van der Waals surface area contributed by atoms with Gasteiger partial charge in [-0.25, -0.2) is 0 Å². The van der Waals surface area contributed by atoms with Crippen LogP contribution in [-0.2, 0) is 4.79 Å². The average molecular weight is 366 g/mol. The normalized spacial score (nSPS) is 10.7. The summed E-state index contributed by atoms with van der Waals surface area (Å²) >= 11 is 0. The number of carbonyl (C=O) groups is 1. The molecule has 1 amide bonds. The van der Waals surface area contributed by atoms with Crippen LogP contribution in [0.2, 0.25) is 0 Å². The number of nitrogens with one attached hydrogen (secondary N) is 1. The largest absolute Gasteiger partial charge is 0.494 e. The van der Waals surface area contributed by atoms with Gasteiger partial charge in [0.25, 0.3) is 5.91 Å². The van der Waals surface area contributed by atoms with Crippen LogP contribution in [0.5, 0.6) is 17.2 Å². The van der Waals surface area contributed by atoms with Gasteiger partial charge in [-0.2, -0.15) is 5.26 Å². The van der Waals surface area contributed by atoms with Crippen molar-refractivity contribution < 1.29 is 19.0 Å². The van der Waals surface area contributed by atoms with E-state index in [2.05, 4.69) is 5.32 Å². The molecule has 0 heterocycles. The van der Waals surface area contributed by atoms with Crippen LogP contribution >= 0.6 is 0 Å². The number of hydrogen-bond acceptors (Lipinski definition) is 5. The number of nitrogens with zero attached hydrogens (tertiary/aromatic N) is 1. The quantitative estimate of drug-likeness (QED) is 0.563. The van der Waals surface area contributed by atoms with Crippen molar-refractivity contribution in [2.75, 3.05) is 25.6 Å². The minimum atomic E-state index is -0.500. The zero-order chi connectivity index (χ0) is 19.6. The minimum absolute atomic E-state index is 0.0237. The molecule has 0 aliphatic rings. The molecule has 0 unspecified atom stereocenters. The lowest BCUT2D eigenvalue weighted by atomic mass is 10.1. The van der Waals surface area contributed by atoms with Crippen molar-refractivity contribution in [3.63, 3.8) is 0 Å². The maximum absolute atomic E-state index is 12.5. The first kappa shape index (κ1) is 19.9. The molecule has 0 fully saturated rings. The van der Waals surface area contributed by atoms with Crippen LogP contribution in [0.1, 0.15) is 19.4 Å². The lowest BCUT2D eigenvalue weighted by Crippen LogP contribution is -2.13. The second-order valence-electron chi connectivity index (χ2n) is 5.43. The zero-order valence-electron chi connectivity index (χ0n) is 15.6. The third-order valence-electron chi connectivity index (χ3n) is 3.57. The van der Waals surface area contributed by atoms with Crippen molar-refractivity contribution in [2.45, 2.75) is 13.8 Å². The number of nitriles is 1. The molecule has 6 heteroatoms. The molecule has 0 atom stereocenters. The highest BCUT2D eigenvalue weighted by Crippen LogP contribution is 2.29. The fourth-order valence-corrected chi connectivity index (χ4v) is 2.40. The van der Waals surface area contributed by atoms with Crippen LogP contribution in [0.3, 0.4) is 0 Å². The summed E-state index contributed by atoms with van der Waals surface area (Å²) in [6.07, 6.45) is 1.50. The predicted octanol–water partition coefficient (Wildman–Crippen LogP) is 4.04. The molecule has 0 saturated carbocycles. The van der Waals surface area contributed by atoms with Gasteiger partial charge in [-0.1, -0.05) is 12.1 Å². The molecule has 1 N–H and O–H groups in total. The minimum Gasteiger partial charge on any atom is -0.494 e. The SMILES string of the molecule is CCOc1cccc(NC(=O)/C(C#N)=C\c2ccc(OC)c(OCC)c2)c1. The maximum Gasteiger partial charge on any atom is 0.266 e. The number of anilines is 1. The second kappa shape index (κ2) is 9.88. The number of ether oxygens (including phenoxy) is 3. The van der Waals surface area contributed by atoms with E-state index in [0.717, 1.165) is 0 Å². The molecule has 0 aliphatic heterocycles. The third kappa shape index (κ3) is 5.51. The monoisotopic (exact) mass is 366 g/mol. The third-order valence-corrected chi connectivity index (χ3v) is 3.57. The van der Waals surface area contributed by atoms with Gasteiger partial charge in [0, 0.05) is 11.8 Å². The Morgan fingerprint density at radius 1 is 1.11 bits per heavy atom. The predicted molar refractivity (Wildman–Crippen MR) is 104 cm³/mol. The standard InChI is InChI=1S/C21H22N2O4/c1-4-26-18-8-6-7-17(13-18)23-21(24)16(14-22)11-15-9-10-19(25-3)20(12-15)27-5-2/h6-13H,4-5H2,1-3H3,(H,23,24)/b16-11-. The summed E-state index contributed by atoms with van der Waals surface area (Å²) in [7, 11) is 1.55. The topological polar surface area (TPSA) is 80.6 Å². The molecule has 2 rings (SSSR count). The Hall–Kier alpha value is -3.46. The first-order chi connectivity index (χ1) is 13.1. The number of benzene rings is 2. The first-order valence-corrected chi connectivity index (χ1v) is 8.58. The summed E-state index contributed by atoms with van der Waals surface area (Å²) in [6, 6.07) is 14.2. The van der Waals surface area contributed by atoms with Gasteiger partial charge in [0.15, 0.2) is 11.5 Å². The molecular weight excluding hydrogens is 344 g/mol.